The molecular weight excluding hydrogens is 276 g/mol. The van der Waals surface area contributed by atoms with Crippen LogP contribution in [0.25, 0.3) is 0 Å². The van der Waals surface area contributed by atoms with Gasteiger partial charge < -0.3 is 11.5 Å². The molecule has 0 unspecified atom stereocenters. The summed E-state index contributed by atoms with van der Waals surface area (Å²) in [5, 5.41) is 0. The Bertz CT molecular complexity index is 391. The van der Waals surface area contributed by atoms with E-state index < -0.39 is 9.41 Å². The predicted molar refractivity (Wildman–Crippen MR) is 71.9 cm³/mol. The summed E-state index contributed by atoms with van der Waals surface area (Å²) in [6.07, 6.45) is 0. The van der Waals surface area contributed by atoms with Gasteiger partial charge in [-0.25, -0.2) is 16.4 Å². The summed E-state index contributed by atoms with van der Waals surface area (Å²) in [5.41, 5.74) is 12.4. The van der Waals surface area contributed by atoms with Crippen LogP contribution >= 0.6 is 0 Å². The maximum Gasteiger partial charge on any atom is 0.844 e. The Morgan fingerprint density at radius 3 is 0.895 bits per heavy atom. The minimum absolute atomic E-state index is 0.822. The highest BCUT2D eigenvalue weighted by Crippen LogP contribution is 2.06. The second-order valence-electron chi connectivity index (χ2n) is 3.25. The monoisotopic (exact) mass is 290 g/mol. The van der Waals surface area contributed by atoms with Gasteiger partial charge in [0.15, 0.2) is 0 Å². The van der Waals surface area contributed by atoms with E-state index in [2.05, 4.69) is 0 Å². The topological polar surface area (TPSA) is 52.0 Å². The van der Waals surface area contributed by atoms with Crippen molar-refractivity contribution in [3.8, 4) is 0 Å². The largest absolute Gasteiger partial charge is 0.844 e. The normalized spacial score (nSPS) is 9.47. The molecule has 4 N–H and O–H groups in total. The lowest BCUT2D eigenvalue weighted by Crippen LogP contribution is -2.02. The Labute approximate surface area is 110 Å². The van der Waals surface area contributed by atoms with Gasteiger partial charge in [-0.15, -0.1) is 0 Å². The molecule has 0 amide bonds. The smallest absolute Gasteiger partial charge is 0.399 e. The van der Waals surface area contributed by atoms with Crippen LogP contribution in [0.3, 0.4) is 0 Å². The molecule has 0 saturated carbocycles. The van der Waals surface area contributed by atoms with Crippen LogP contribution in [0.1, 0.15) is 0 Å². The first-order chi connectivity index (χ1) is 8.79. The highest BCUT2D eigenvalue weighted by molar-refractivity contribution is 6.50. The number of hydrogen-bond acceptors (Lipinski definition) is 2. The Morgan fingerprint density at radius 1 is 0.579 bits per heavy atom. The molecule has 2 aromatic rings. The molecule has 0 aliphatic rings. The molecule has 7 heteroatoms. The molecule has 0 atom stereocenters. The maximum atomic E-state index is 9.83. The van der Waals surface area contributed by atoms with Gasteiger partial charge in [0.1, 0.15) is 0 Å². The Morgan fingerprint density at radius 2 is 0.789 bits per heavy atom. The summed E-state index contributed by atoms with van der Waals surface area (Å²) in [6.45, 7) is 0. The number of benzene rings is 2. The van der Waals surface area contributed by atoms with Crippen LogP contribution in [0, 0.1) is 0 Å². The molecule has 0 fully saturated rings. The Kier molecular flexibility index (Phi) is 8.02. The number of nitrogens with two attached hydrogens (primary N) is 2. The second-order valence-corrected chi connectivity index (χ2v) is 4.11. The van der Waals surface area contributed by atoms with Gasteiger partial charge in [-0.3, -0.25) is 0 Å². The van der Waals surface area contributed by atoms with E-state index in [1.807, 2.05) is 60.7 Å². The first-order valence-electron chi connectivity index (χ1n) is 5.15. The lowest BCUT2D eigenvalue weighted by molar-refractivity contribution is 0.368. The van der Waals surface area contributed by atoms with Crippen molar-refractivity contribution in [2.75, 3.05) is 11.5 Å². The number of nitrogen functional groups attached to an aromatic ring is 2. The van der Waals surface area contributed by atoms with Crippen LogP contribution < -0.4 is 11.5 Å². The summed E-state index contributed by atoms with van der Waals surface area (Å²) in [7, 11) is -6.61. The van der Waals surface area contributed by atoms with Gasteiger partial charge in [0, 0.05) is 11.4 Å². The van der Waals surface area contributed by atoms with Gasteiger partial charge in [0.2, 0.25) is 0 Å². The number of para-hydroxylation sites is 2. The van der Waals surface area contributed by atoms with E-state index in [0.717, 1.165) is 11.4 Å². The van der Waals surface area contributed by atoms with Gasteiger partial charge in [0.25, 0.3) is 0 Å². The minimum Gasteiger partial charge on any atom is -0.399 e. The molecule has 2 rings (SSSR count). The first kappa shape index (κ1) is 17.0. The Balaban J connectivity index is 0.000000261. The van der Waals surface area contributed by atoms with Crippen molar-refractivity contribution in [2.24, 2.45) is 0 Å². The van der Waals surface area contributed by atoms with E-state index >= 15 is 0 Å². The van der Waals surface area contributed by atoms with Gasteiger partial charge in [-0.2, -0.15) is 0 Å². The van der Waals surface area contributed by atoms with Crippen molar-refractivity contribution >= 4 is 20.8 Å². The summed E-state index contributed by atoms with van der Waals surface area (Å²) in [5.74, 6) is 0. The lowest BCUT2D eigenvalue weighted by Gasteiger charge is -1.83. The first-order valence-corrected chi connectivity index (χ1v) is 6.67. The number of anilines is 2. The summed E-state index contributed by atoms with van der Waals surface area (Å²) in [4.78, 5) is 0. The fourth-order valence-electron chi connectivity index (χ4n) is 0.906. The van der Waals surface area contributed by atoms with Crippen LogP contribution in [0.4, 0.5) is 27.8 Å². The number of rotatable bonds is 0. The van der Waals surface area contributed by atoms with Gasteiger partial charge in [0.05, 0.1) is 0 Å². The quantitative estimate of drug-likeness (QED) is 0.335. The molecular formula is C12H14F4N2Si. The third kappa shape index (κ3) is 16.0. The van der Waals surface area contributed by atoms with Crippen molar-refractivity contribution in [1.29, 1.82) is 0 Å². The van der Waals surface area contributed by atoms with Gasteiger partial charge in [-0.1, -0.05) is 36.4 Å². The third-order valence-corrected chi connectivity index (χ3v) is 1.60. The van der Waals surface area contributed by atoms with Crippen LogP contribution in [0.5, 0.6) is 0 Å². The molecule has 0 aliphatic carbocycles. The third-order valence-electron chi connectivity index (χ3n) is 1.60. The van der Waals surface area contributed by atoms with Crippen LogP contribution in [-0.4, -0.2) is 9.41 Å². The van der Waals surface area contributed by atoms with Gasteiger partial charge >= 0.3 is 9.41 Å². The summed E-state index contributed by atoms with van der Waals surface area (Å²) in [6, 6.07) is 19.0. The standard InChI is InChI=1S/2C6H7N.F4Si/c2*7-6-4-2-1-3-5-6;1-5(2,3)4/h2*1-5H,7H2;. The zero-order valence-corrected chi connectivity index (χ0v) is 10.9. The van der Waals surface area contributed by atoms with Crippen LogP contribution in [0.2, 0.25) is 0 Å². The van der Waals surface area contributed by atoms with Crippen molar-refractivity contribution in [3.05, 3.63) is 60.7 Å². The maximum absolute atomic E-state index is 9.83. The average molecular weight is 290 g/mol. The summed E-state index contributed by atoms with van der Waals surface area (Å²) >= 11 is 0. The van der Waals surface area contributed by atoms with E-state index in [1.165, 1.54) is 0 Å². The zero-order chi connectivity index (χ0) is 14.7. The average Bonchev–Trinajstić information content (AvgIpc) is 2.29. The SMILES string of the molecule is F[Si](F)(F)F.Nc1ccccc1.Nc1ccccc1. The minimum atomic E-state index is -6.61. The molecule has 0 saturated heterocycles. The molecule has 0 spiro atoms. The van der Waals surface area contributed by atoms with Crippen LogP contribution in [-0.2, 0) is 0 Å². The lowest BCUT2D eigenvalue weighted by atomic mass is 10.3. The van der Waals surface area contributed by atoms with Crippen molar-refractivity contribution in [3.63, 3.8) is 0 Å². The van der Waals surface area contributed by atoms with E-state index in [4.69, 9.17) is 11.5 Å². The number of halogens is 4. The molecule has 0 aliphatic heterocycles. The molecule has 0 bridgehead atoms. The molecule has 19 heavy (non-hydrogen) atoms. The fourth-order valence-corrected chi connectivity index (χ4v) is 0.906. The van der Waals surface area contributed by atoms with E-state index in [0.29, 0.717) is 0 Å². The highest BCUT2D eigenvalue weighted by atomic mass is 28.5. The van der Waals surface area contributed by atoms with Crippen molar-refractivity contribution < 1.29 is 16.4 Å². The van der Waals surface area contributed by atoms with Crippen molar-refractivity contribution in [2.45, 2.75) is 0 Å². The Hall–Kier alpha value is -2.02. The molecule has 2 aromatic carbocycles. The van der Waals surface area contributed by atoms with Crippen molar-refractivity contribution in [1.82, 2.24) is 0 Å². The summed E-state index contributed by atoms with van der Waals surface area (Å²) < 4.78 is 39.3. The second kappa shape index (κ2) is 8.98. The number of hydrogen-bond donors (Lipinski definition) is 2. The van der Waals surface area contributed by atoms with Crippen LogP contribution in [0.15, 0.2) is 60.7 Å². The highest BCUT2D eigenvalue weighted by Gasteiger charge is 2.39. The zero-order valence-electron chi connectivity index (χ0n) is 9.94. The van der Waals surface area contributed by atoms with E-state index in [-0.39, 0.29) is 0 Å². The molecule has 104 valence electrons. The van der Waals surface area contributed by atoms with Gasteiger partial charge in [-0.05, 0) is 24.3 Å². The van der Waals surface area contributed by atoms with E-state index in [9.17, 15) is 16.4 Å². The van der Waals surface area contributed by atoms with E-state index in [1.54, 1.807) is 0 Å². The molecule has 2 nitrogen and oxygen atoms in total. The molecule has 0 heterocycles. The predicted octanol–water partition coefficient (Wildman–Crippen LogP) is 3.84. The molecule has 0 aromatic heterocycles. The molecule has 0 radical (unpaired) electrons. The fraction of sp³-hybridized carbons (Fsp3) is 0.